The van der Waals surface area contributed by atoms with Crippen molar-refractivity contribution in [3.05, 3.63) is 46.5 Å². The van der Waals surface area contributed by atoms with Crippen LogP contribution in [0.4, 0.5) is 0 Å². The molecule has 0 atom stereocenters. The van der Waals surface area contributed by atoms with Gasteiger partial charge < -0.3 is 19.4 Å². The number of benzene rings is 1. The lowest BCUT2D eigenvalue weighted by molar-refractivity contribution is 0.270. The number of hydrogen-bond donors (Lipinski definition) is 2. The largest absolute Gasteiger partial charge is 0.496 e. The molecular formula is C13H16N2O2S. The van der Waals surface area contributed by atoms with Gasteiger partial charge in [0.1, 0.15) is 5.75 Å². The normalized spacial score (nSPS) is 10.6. The molecule has 0 unspecified atom stereocenters. The van der Waals surface area contributed by atoms with Crippen molar-refractivity contribution < 1.29 is 9.84 Å². The third-order valence-corrected chi connectivity index (χ3v) is 3.25. The Morgan fingerprint density at radius 3 is 2.89 bits per heavy atom. The monoisotopic (exact) mass is 264 g/mol. The Morgan fingerprint density at radius 2 is 2.17 bits per heavy atom. The van der Waals surface area contributed by atoms with E-state index < -0.39 is 0 Å². The van der Waals surface area contributed by atoms with E-state index in [1.54, 1.807) is 13.3 Å². The van der Waals surface area contributed by atoms with Gasteiger partial charge in [-0.1, -0.05) is 18.2 Å². The molecule has 0 aliphatic rings. The SMILES string of the molecule is COc1ccccc1CCn1c(CO)c[nH]c1=S. The molecule has 0 bridgehead atoms. The van der Waals surface area contributed by atoms with Crippen LogP contribution in [-0.4, -0.2) is 21.8 Å². The summed E-state index contributed by atoms with van der Waals surface area (Å²) in [7, 11) is 1.67. The van der Waals surface area contributed by atoms with Crippen LogP contribution >= 0.6 is 12.2 Å². The summed E-state index contributed by atoms with van der Waals surface area (Å²) < 4.78 is 7.85. The molecule has 1 aromatic heterocycles. The predicted octanol–water partition coefficient (Wildman–Crippen LogP) is 2.29. The van der Waals surface area contributed by atoms with Crippen LogP contribution in [0.25, 0.3) is 0 Å². The lowest BCUT2D eigenvalue weighted by Crippen LogP contribution is -2.06. The fourth-order valence-corrected chi connectivity index (χ4v) is 2.22. The second-order valence-corrected chi connectivity index (χ2v) is 4.34. The van der Waals surface area contributed by atoms with E-state index in [-0.39, 0.29) is 6.61 Å². The van der Waals surface area contributed by atoms with Crippen molar-refractivity contribution in [3.63, 3.8) is 0 Å². The van der Waals surface area contributed by atoms with E-state index in [1.807, 2.05) is 28.8 Å². The number of H-pyrrole nitrogens is 1. The highest BCUT2D eigenvalue weighted by Crippen LogP contribution is 2.18. The molecule has 1 heterocycles. The van der Waals surface area contributed by atoms with Crippen LogP contribution in [0.1, 0.15) is 11.3 Å². The first-order valence-corrected chi connectivity index (χ1v) is 6.17. The highest BCUT2D eigenvalue weighted by atomic mass is 32.1. The van der Waals surface area contributed by atoms with Crippen LogP contribution in [0.2, 0.25) is 0 Å². The van der Waals surface area contributed by atoms with Gasteiger partial charge >= 0.3 is 0 Å². The zero-order valence-electron chi connectivity index (χ0n) is 10.2. The van der Waals surface area contributed by atoms with E-state index in [9.17, 15) is 5.11 Å². The Bertz CT molecular complexity index is 574. The first kappa shape index (κ1) is 12.9. The molecule has 4 nitrogen and oxygen atoms in total. The molecule has 0 spiro atoms. The number of ether oxygens (including phenoxy) is 1. The van der Waals surface area contributed by atoms with Crippen molar-refractivity contribution in [3.8, 4) is 5.75 Å². The molecule has 0 aliphatic heterocycles. The Hall–Kier alpha value is -1.59. The number of imidazole rings is 1. The minimum absolute atomic E-state index is 0.0148. The number of aromatic amines is 1. The maximum atomic E-state index is 9.22. The number of aliphatic hydroxyl groups is 1. The summed E-state index contributed by atoms with van der Waals surface area (Å²) in [6.07, 6.45) is 2.55. The Kier molecular flexibility index (Phi) is 4.17. The number of para-hydroxylation sites is 1. The average molecular weight is 264 g/mol. The van der Waals surface area contributed by atoms with Crippen molar-refractivity contribution in [2.45, 2.75) is 19.6 Å². The molecule has 0 saturated heterocycles. The topological polar surface area (TPSA) is 50.2 Å². The van der Waals surface area contributed by atoms with Gasteiger partial charge in [-0.3, -0.25) is 0 Å². The van der Waals surface area contributed by atoms with Crippen LogP contribution in [0, 0.1) is 4.77 Å². The van der Waals surface area contributed by atoms with Gasteiger partial charge in [-0.25, -0.2) is 0 Å². The smallest absolute Gasteiger partial charge is 0.177 e. The Labute approximate surface area is 111 Å². The molecule has 96 valence electrons. The number of rotatable bonds is 5. The van der Waals surface area contributed by atoms with Crippen LogP contribution < -0.4 is 4.74 Å². The number of aryl methyl sites for hydroxylation is 1. The summed E-state index contributed by atoms with van der Waals surface area (Å²) >= 11 is 5.18. The Balaban J connectivity index is 2.16. The number of nitrogens with zero attached hydrogens (tertiary/aromatic N) is 1. The molecule has 0 saturated carbocycles. The quantitative estimate of drug-likeness (QED) is 0.815. The van der Waals surface area contributed by atoms with Crippen molar-refractivity contribution in [1.82, 2.24) is 9.55 Å². The summed E-state index contributed by atoms with van der Waals surface area (Å²) in [5, 5.41) is 9.22. The maximum absolute atomic E-state index is 9.22. The fraction of sp³-hybridized carbons (Fsp3) is 0.308. The van der Waals surface area contributed by atoms with E-state index in [0.29, 0.717) is 4.77 Å². The van der Waals surface area contributed by atoms with Crippen LogP contribution in [0.3, 0.4) is 0 Å². The standard InChI is InChI=1S/C13H16N2O2S/c1-17-12-5-3-2-4-10(12)6-7-15-11(9-16)8-14-13(15)18/h2-5,8,16H,6-7,9H2,1H3,(H,14,18). The van der Waals surface area contributed by atoms with E-state index in [4.69, 9.17) is 17.0 Å². The molecule has 5 heteroatoms. The highest BCUT2D eigenvalue weighted by Gasteiger charge is 2.05. The molecular weight excluding hydrogens is 248 g/mol. The van der Waals surface area contributed by atoms with Gasteiger partial charge in [0.15, 0.2) is 4.77 Å². The average Bonchev–Trinajstić information content (AvgIpc) is 2.77. The number of nitrogens with one attached hydrogen (secondary N) is 1. The molecule has 18 heavy (non-hydrogen) atoms. The maximum Gasteiger partial charge on any atom is 0.177 e. The third-order valence-electron chi connectivity index (χ3n) is 2.91. The molecule has 0 amide bonds. The molecule has 2 aromatic rings. The van der Waals surface area contributed by atoms with Crippen molar-refractivity contribution in [2.75, 3.05) is 7.11 Å². The number of aromatic nitrogens is 2. The third kappa shape index (κ3) is 2.63. The van der Waals surface area contributed by atoms with Crippen LogP contribution in [0.5, 0.6) is 5.75 Å². The minimum atomic E-state index is -0.0148. The van der Waals surface area contributed by atoms with Gasteiger partial charge in [0.2, 0.25) is 0 Å². The van der Waals surface area contributed by atoms with Gasteiger partial charge in [-0.2, -0.15) is 0 Å². The van der Waals surface area contributed by atoms with Crippen molar-refractivity contribution in [1.29, 1.82) is 0 Å². The van der Waals surface area contributed by atoms with E-state index in [2.05, 4.69) is 4.98 Å². The van der Waals surface area contributed by atoms with E-state index >= 15 is 0 Å². The van der Waals surface area contributed by atoms with Crippen LogP contribution in [0.15, 0.2) is 30.5 Å². The van der Waals surface area contributed by atoms with Gasteiger partial charge in [0.05, 0.1) is 19.4 Å². The molecule has 2 rings (SSSR count). The second kappa shape index (κ2) is 5.84. The summed E-state index contributed by atoms with van der Waals surface area (Å²) in [6.45, 7) is 0.706. The second-order valence-electron chi connectivity index (χ2n) is 3.96. The summed E-state index contributed by atoms with van der Waals surface area (Å²) in [4.78, 5) is 2.94. The van der Waals surface area contributed by atoms with E-state index in [1.165, 1.54) is 0 Å². The molecule has 2 N–H and O–H groups in total. The molecule has 0 radical (unpaired) electrons. The zero-order chi connectivity index (χ0) is 13.0. The lowest BCUT2D eigenvalue weighted by atomic mass is 10.1. The molecule has 0 aliphatic carbocycles. The number of hydrogen-bond acceptors (Lipinski definition) is 3. The minimum Gasteiger partial charge on any atom is -0.496 e. The number of methoxy groups -OCH3 is 1. The predicted molar refractivity (Wildman–Crippen MR) is 72.2 cm³/mol. The molecule has 1 aromatic carbocycles. The zero-order valence-corrected chi connectivity index (χ0v) is 11.0. The molecule has 0 fully saturated rings. The first-order valence-electron chi connectivity index (χ1n) is 5.76. The summed E-state index contributed by atoms with van der Waals surface area (Å²) in [6, 6.07) is 7.91. The first-order chi connectivity index (χ1) is 8.76. The lowest BCUT2D eigenvalue weighted by Gasteiger charge is -2.10. The van der Waals surface area contributed by atoms with Crippen molar-refractivity contribution in [2.24, 2.45) is 0 Å². The van der Waals surface area contributed by atoms with Crippen molar-refractivity contribution >= 4 is 12.2 Å². The van der Waals surface area contributed by atoms with Crippen LogP contribution in [-0.2, 0) is 19.6 Å². The number of aliphatic hydroxyl groups excluding tert-OH is 1. The van der Waals surface area contributed by atoms with Gasteiger partial charge in [-0.05, 0) is 30.3 Å². The van der Waals surface area contributed by atoms with Gasteiger partial charge in [0, 0.05) is 12.7 Å². The summed E-state index contributed by atoms with van der Waals surface area (Å²) in [5.41, 5.74) is 1.93. The van der Waals surface area contributed by atoms with Gasteiger partial charge in [-0.15, -0.1) is 0 Å². The summed E-state index contributed by atoms with van der Waals surface area (Å²) in [5.74, 6) is 0.880. The fourth-order valence-electron chi connectivity index (χ4n) is 1.95. The highest BCUT2D eigenvalue weighted by molar-refractivity contribution is 7.71. The van der Waals surface area contributed by atoms with Gasteiger partial charge in [0.25, 0.3) is 0 Å². The van der Waals surface area contributed by atoms with E-state index in [0.717, 1.165) is 30.0 Å². The Morgan fingerprint density at radius 1 is 1.39 bits per heavy atom.